The van der Waals surface area contributed by atoms with Gasteiger partial charge in [0.05, 0.1) is 29.0 Å². The number of anilines is 2. The van der Waals surface area contributed by atoms with Gasteiger partial charge in [-0.2, -0.15) is 0 Å². The van der Waals surface area contributed by atoms with E-state index < -0.39 is 10.0 Å². The van der Waals surface area contributed by atoms with E-state index in [-0.39, 0.29) is 11.0 Å². The number of nitrogen functional groups attached to an aromatic ring is 1. The number of nitrogens with one attached hydrogen (secondary N) is 1. The van der Waals surface area contributed by atoms with Crippen molar-refractivity contribution >= 4 is 21.4 Å². The third-order valence-corrected chi connectivity index (χ3v) is 5.12. The molecular weight excluding hydrogens is 290 g/mol. The van der Waals surface area contributed by atoms with Gasteiger partial charge in [0.1, 0.15) is 0 Å². The Bertz CT molecular complexity index is 589. The number of nitrogens with two attached hydrogens (primary N) is 1. The molecule has 0 aromatic heterocycles. The summed E-state index contributed by atoms with van der Waals surface area (Å²) in [5.74, 6) is 0. The lowest BCUT2D eigenvalue weighted by atomic mass is 10.2. The van der Waals surface area contributed by atoms with Crippen molar-refractivity contribution in [3.05, 3.63) is 18.2 Å². The van der Waals surface area contributed by atoms with E-state index in [4.69, 9.17) is 10.5 Å². The molecule has 0 radical (unpaired) electrons. The summed E-state index contributed by atoms with van der Waals surface area (Å²) in [4.78, 5) is 2.34. The Hall–Kier alpha value is -1.31. The van der Waals surface area contributed by atoms with Crippen molar-refractivity contribution in [2.75, 3.05) is 36.9 Å². The molecule has 0 bridgehead atoms. The number of rotatable bonds is 5. The minimum absolute atomic E-state index is 0.159. The molecule has 0 saturated carbocycles. The van der Waals surface area contributed by atoms with Crippen LogP contribution in [0, 0.1) is 0 Å². The highest BCUT2D eigenvalue weighted by molar-refractivity contribution is 7.89. The summed E-state index contributed by atoms with van der Waals surface area (Å²) in [6.07, 6.45) is 1.08. The van der Waals surface area contributed by atoms with E-state index in [9.17, 15) is 8.42 Å². The van der Waals surface area contributed by atoms with Gasteiger partial charge in [0.2, 0.25) is 10.0 Å². The van der Waals surface area contributed by atoms with Crippen LogP contribution in [0.1, 0.15) is 20.3 Å². The molecule has 0 amide bonds. The van der Waals surface area contributed by atoms with Crippen molar-refractivity contribution in [1.82, 2.24) is 4.72 Å². The Morgan fingerprint density at radius 1 is 1.43 bits per heavy atom. The quantitative estimate of drug-likeness (QED) is 0.798. The lowest BCUT2D eigenvalue weighted by Gasteiger charge is -2.35. The summed E-state index contributed by atoms with van der Waals surface area (Å²) in [5, 5.41) is 0. The summed E-state index contributed by atoms with van der Waals surface area (Å²) in [6.45, 7) is 6.25. The van der Waals surface area contributed by atoms with Crippen LogP contribution >= 0.6 is 0 Å². The van der Waals surface area contributed by atoms with Crippen molar-refractivity contribution < 1.29 is 13.2 Å². The molecule has 1 aromatic carbocycles. The Morgan fingerprint density at radius 3 is 2.86 bits per heavy atom. The minimum atomic E-state index is -3.47. The molecular formula is C14H23N3O3S. The number of nitrogens with zero attached hydrogens (tertiary/aromatic N) is 1. The molecule has 1 aromatic rings. The highest BCUT2D eigenvalue weighted by Gasteiger charge is 2.22. The van der Waals surface area contributed by atoms with Crippen LogP contribution in [-0.4, -0.2) is 40.8 Å². The minimum Gasteiger partial charge on any atom is -0.397 e. The van der Waals surface area contributed by atoms with Crippen molar-refractivity contribution in [1.29, 1.82) is 0 Å². The first kappa shape index (κ1) is 16.1. The molecule has 6 nitrogen and oxygen atoms in total. The first-order valence-electron chi connectivity index (χ1n) is 7.23. The topological polar surface area (TPSA) is 84.7 Å². The highest BCUT2D eigenvalue weighted by atomic mass is 32.2. The van der Waals surface area contributed by atoms with E-state index in [1.54, 1.807) is 19.1 Å². The van der Waals surface area contributed by atoms with Crippen molar-refractivity contribution in [2.45, 2.75) is 31.3 Å². The van der Waals surface area contributed by atoms with Gasteiger partial charge in [-0.1, -0.05) is 13.8 Å². The van der Waals surface area contributed by atoms with E-state index in [0.29, 0.717) is 25.4 Å². The fourth-order valence-corrected chi connectivity index (χ4v) is 3.48. The van der Waals surface area contributed by atoms with Crippen LogP contribution in [0.3, 0.4) is 0 Å². The predicted octanol–water partition coefficient (Wildman–Crippen LogP) is 1.18. The zero-order chi connectivity index (χ0) is 15.5. The molecule has 21 heavy (non-hydrogen) atoms. The Morgan fingerprint density at radius 2 is 2.19 bits per heavy atom. The van der Waals surface area contributed by atoms with Crippen molar-refractivity contribution in [3.8, 4) is 0 Å². The van der Waals surface area contributed by atoms with Gasteiger partial charge >= 0.3 is 0 Å². The van der Waals surface area contributed by atoms with Crippen LogP contribution in [0.15, 0.2) is 23.1 Å². The maximum atomic E-state index is 12.1. The van der Waals surface area contributed by atoms with Crippen LogP contribution in [0.5, 0.6) is 0 Å². The second-order valence-electron chi connectivity index (χ2n) is 5.07. The molecule has 7 heteroatoms. The first-order valence-corrected chi connectivity index (χ1v) is 8.72. The van der Waals surface area contributed by atoms with Crippen LogP contribution < -0.4 is 15.4 Å². The van der Waals surface area contributed by atoms with Crippen molar-refractivity contribution in [2.24, 2.45) is 0 Å². The standard InChI is InChI=1S/C14H23N3O3S/c1-3-11-10-17(7-8-20-11)14-9-12(5-6-13(14)15)21(18,19)16-4-2/h5-6,9,11,16H,3-4,7-8,10,15H2,1-2H3. The molecule has 1 atom stereocenters. The number of benzene rings is 1. The summed E-state index contributed by atoms with van der Waals surface area (Å²) in [5.41, 5.74) is 7.37. The second kappa shape index (κ2) is 6.64. The van der Waals surface area contributed by atoms with Gasteiger partial charge in [-0.3, -0.25) is 0 Å². The maximum absolute atomic E-state index is 12.1. The lowest BCUT2D eigenvalue weighted by molar-refractivity contribution is 0.0385. The molecule has 1 aliphatic rings. The monoisotopic (exact) mass is 313 g/mol. The predicted molar refractivity (Wildman–Crippen MR) is 84.0 cm³/mol. The Labute approximate surface area is 126 Å². The first-order chi connectivity index (χ1) is 9.97. The molecule has 1 saturated heterocycles. The van der Waals surface area contributed by atoms with Gasteiger partial charge in [0.25, 0.3) is 0 Å². The summed E-state index contributed by atoms with van der Waals surface area (Å²) in [6, 6.07) is 4.83. The average molecular weight is 313 g/mol. The smallest absolute Gasteiger partial charge is 0.240 e. The summed E-state index contributed by atoms with van der Waals surface area (Å²) < 4.78 is 32.3. The van der Waals surface area contributed by atoms with E-state index >= 15 is 0 Å². The second-order valence-corrected chi connectivity index (χ2v) is 6.84. The van der Waals surface area contributed by atoms with Crippen molar-refractivity contribution in [3.63, 3.8) is 0 Å². The molecule has 1 fully saturated rings. The van der Waals surface area contributed by atoms with E-state index in [1.165, 1.54) is 6.07 Å². The molecule has 1 unspecified atom stereocenters. The maximum Gasteiger partial charge on any atom is 0.240 e. The lowest BCUT2D eigenvalue weighted by Crippen LogP contribution is -2.42. The van der Waals surface area contributed by atoms with E-state index in [1.807, 2.05) is 0 Å². The van der Waals surface area contributed by atoms with Crippen LogP contribution in [-0.2, 0) is 14.8 Å². The van der Waals surface area contributed by atoms with Crippen LogP contribution in [0.2, 0.25) is 0 Å². The summed E-state index contributed by atoms with van der Waals surface area (Å²) >= 11 is 0. The Balaban J connectivity index is 2.31. The third-order valence-electron chi connectivity index (χ3n) is 3.58. The molecule has 3 N–H and O–H groups in total. The van der Waals surface area contributed by atoms with Gasteiger partial charge in [-0.25, -0.2) is 13.1 Å². The number of hydrogen-bond donors (Lipinski definition) is 2. The molecule has 2 rings (SSSR count). The van der Waals surface area contributed by atoms with Gasteiger partial charge in [0, 0.05) is 19.6 Å². The number of sulfonamides is 1. The zero-order valence-corrected chi connectivity index (χ0v) is 13.3. The van der Waals surface area contributed by atoms with Gasteiger partial charge in [0.15, 0.2) is 0 Å². The number of hydrogen-bond acceptors (Lipinski definition) is 5. The van der Waals surface area contributed by atoms with Gasteiger partial charge in [-0.05, 0) is 24.6 Å². The van der Waals surface area contributed by atoms with Gasteiger partial charge in [-0.15, -0.1) is 0 Å². The molecule has 0 spiro atoms. The molecule has 0 aliphatic carbocycles. The van der Waals surface area contributed by atoms with E-state index in [2.05, 4.69) is 16.5 Å². The van der Waals surface area contributed by atoms with Crippen LogP contribution in [0.25, 0.3) is 0 Å². The molecule has 1 heterocycles. The summed E-state index contributed by atoms with van der Waals surface area (Å²) in [7, 11) is -3.47. The largest absolute Gasteiger partial charge is 0.397 e. The Kier molecular flexibility index (Phi) is 5.08. The van der Waals surface area contributed by atoms with Gasteiger partial charge < -0.3 is 15.4 Å². The average Bonchev–Trinajstić information content (AvgIpc) is 2.47. The zero-order valence-electron chi connectivity index (χ0n) is 12.5. The molecule has 118 valence electrons. The fourth-order valence-electron chi connectivity index (χ4n) is 2.42. The highest BCUT2D eigenvalue weighted by Crippen LogP contribution is 2.28. The molecule has 1 aliphatic heterocycles. The van der Waals surface area contributed by atoms with E-state index in [0.717, 1.165) is 18.7 Å². The number of ether oxygens (including phenoxy) is 1. The number of morpholine rings is 1. The normalized spacial score (nSPS) is 19.7. The van der Waals surface area contributed by atoms with Crippen LogP contribution in [0.4, 0.5) is 11.4 Å². The fraction of sp³-hybridized carbons (Fsp3) is 0.571. The third kappa shape index (κ3) is 3.66. The SMILES string of the molecule is CCNS(=O)(=O)c1ccc(N)c(N2CCOC(CC)C2)c1.